The van der Waals surface area contributed by atoms with E-state index in [1.54, 1.807) is 0 Å². The first-order valence-corrected chi connectivity index (χ1v) is 8.92. The minimum absolute atomic E-state index is 0. The number of nitrogens with zero attached hydrogens (tertiary/aromatic N) is 1. The van der Waals surface area contributed by atoms with Crippen LogP contribution >= 0.6 is 12.4 Å². The Bertz CT molecular complexity index is 450. The van der Waals surface area contributed by atoms with Gasteiger partial charge < -0.3 is 15.4 Å². The van der Waals surface area contributed by atoms with E-state index in [4.69, 9.17) is 10.5 Å². The van der Waals surface area contributed by atoms with Crippen LogP contribution in [0.3, 0.4) is 0 Å². The van der Waals surface area contributed by atoms with Crippen molar-refractivity contribution in [1.82, 2.24) is 4.90 Å². The van der Waals surface area contributed by atoms with Gasteiger partial charge in [0.05, 0.1) is 12.6 Å². The summed E-state index contributed by atoms with van der Waals surface area (Å²) >= 11 is 0. The highest BCUT2D eigenvalue weighted by molar-refractivity contribution is 5.85. The molecule has 1 aliphatic heterocycles. The molecule has 1 aliphatic rings. The molecule has 4 nitrogen and oxygen atoms in total. The fraction of sp³-hybridized carbons (Fsp3) is 0.632. The van der Waals surface area contributed by atoms with Crippen LogP contribution in [0.1, 0.15) is 44.1 Å². The van der Waals surface area contributed by atoms with Crippen molar-refractivity contribution in [2.75, 3.05) is 26.3 Å². The molecule has 1 fully saturated rings. The van der Waals surface area contributed by atoms with Gasteiger partial charge in [0.15, 0.2) is 0 Å². The van der Waals surface area contributed by atoms with Crippen molar-refractivity contribution >= 4 is 18.3 Å². The number of nitrogens with two attached hydrogens (primary N) is 1. The molecule has 0 aliphatic carbocycles. The summed E-state index contributed by atoms with van der Waals surface area (Å²) in [6.07, 6.45) is 6.77. The van der Waals surface area contributed by atoms with Crippen LogP contribution in [-0.4, -0.2) is 43.2 Å². The van der Waals surface area contributed by atoms with Gasteiger partial charge in [-0.1, -0.05) is 43.2 Å². The molecule has 2 N–H and O–H groups in total. The first-order valence-electron chi connectivity index (χ1n) is 8.92. The summed E-state index contributed by atoms with van der Waals surface area (Å²) in [7, 11) is 0. The second kappa shape index (κ2) is 12.3. The number of hydrogen-bond acceptors (Lipinski definition) is 3. The Morgan fingerprint density at radius 1 is 1.17 bits per heavy atom. The highest BCUT2D eigenvalue weighted by atomic mass is 35.5. The second-order valence-electron chi connectivity index (χ2n) is 6.29. The number of rotatable bonds is 10. The first-order chi connectivity index (χ1) is 11.3. The van der Waals surface area contributed by atoms with Crippen LogP contribution in [0.5, 0.6) is 0 Å². The van der Waals surface area contributed by atoms with Crippen molar-refractivity contribution in [1.29, 1.82) is 0 Å². The number of amides is 1. The Hall–Kier alpha value is -1.10. The summed E-state index contributed by atoms with van der Waals surface area (Å²) in [4.78, 5) is 14.7. The molecule has 1 aromatic carbocycles. The van der Waals surface area contributed by atoms with Crippen molar-refractivity contribution in [2.45, 2.75) is 51.0 Å². The predicted molar refractivity (Wildman–Crippen MR) is 100 cm³/mol. The highest BCUT2D eigenvalue weighted by Gasteiger charge is 2.26. The molecule has 5 heteroatoms. The molecule has 2 rings (SSSR count). The standard InChI is InChI=1S/C19H30N2O2.ClH/c20-13-7-2-1-6-10-19(22)21(18-12-15-23-16-18)14-11-17-8-4-3-5-9-17;/h3-5,8-9,18H,1-2,6-7,10-16,20H2;1H. The maximum absolute atomic E-state index is 12.6. The largest absolute Gasteiger partial charge is 0.379 e. The Morgan fingerprint density at radius 2 is 1.92 bits per heavy atom. The van der Waals surface area contributed by atoms with Crippen molar-refractivity contribution in [2.24, 2.45) is 5.73 Å². The Labute approximate surface area is 152 Å². The number of benzene rings is 1. The average molecular weight is 355 g/mol. The van der Waals surface area contributed by atoms with E-state index < -0.39 is 0 Å². The number of halogens is 1. The molecule has 1 saturated heterocycles. The lowest BCUT2D eigenvalue weighted by Crippen LogP contribution is -2.42. The molecule has 1 heterocycles. The van der Waals surface area contributed by atoms with E-state index in [1.807, 2.05) is 6.07 Å². The van der Waals surface area contributed by atoms with Gasteiger partial charge in [-0.2, -0.15) is 0 Å². The summed E-state index contributed by atoms with van der Waals surface area (Å²) in [5.41, 5.74) is 6.79. The van der Waals surface area contributed by atoms with Crippen LogP contribution in [0.4, 0.5) is 0 Å². The van der Waals surface area contributed by atoms with Gasteiger partial charge in [0, 0.05) is 19.6 Å². The van der Waals surface area contributed by atoms with Crippen molar-refractivity contribution < 1.29 is 9.53 Å². The van der Waals surface area contributed by atoms with E-state index in [0.29, 0.717) is 13.0 Å². The number of unbranched alkanes of at least 4 members (excludes halogenated alkanes) is 3. The van der Waals surface area contributed by atoms with Gasteiger partial charge in [-0.15, -0.1) is 12.4 Å². The summed E-state index contributed by atoms with van der Waals surface area (Å²) in [5, 5.41) is 0. The van der Waals surface area contributed by atoms with Crippen LogP contribution < -0.4 is 5.73 Å². The normalized spacial score (nSPS) is 16.6. The molecule has 24 heavy (non-hydrogen) atoms. The van der Waals surface area contributed by atoms with E-state index >= 15 is 0 Å². The average Bonchev–Trinajstić information content (AvgIpc) is 3.10. The fourth-order valence-corrected chi connectivity index (χ4v) is 3.09. The van der Waals surface area contributed by atoms with Crippen molar-refractivity contribution in [3.63, 3.8) is 0 Å². The van der Waals surface area contributed by atoms with Crippen molar-refractivity contribution in [3.05, 3.63) is 35.9 Å². The lowest BCUT2D eigenvalue weighted by molar-refractivity contribution is -0.133. The zero-order chi connectivity index (χ0) is 16.3. The minimum Gasteiger partial charge on any atom is -0.379 e. The Morgan fingerprint density at radius 3 is 2.58 bits per heavy atom. The second-order valence-corrected chi connectivity index (χ2v) is 6.29. The van der Waals surface area contributed by atoms with E-state index in [-0.39, 0.29) is 24.4 Å². The molecule has 1 unspecified atom stereocenters. The van der Waals surface area contributed by atoms with Crippen LogP contribution in [0.15, 0.2) is 30.3 Å². The molecule has 136 valence electrons. The SMILES string of the molecule is Cl.NCCCCCCC(=O)N(CCc1ccccc1)C1CCOC1. The zero-order valence-corrected chi connectivity index (χ0v) is 15.3. The Kier molecular flexibility index (Phi) is 10.7. The minimum atomic E-state index is 0. The third kappa shape index (κ3) is 7.20. The van der Waals surface area contributed by atoms with Gasteiger partial charge in [0.25, 0.3) is 0 Å². The lowest BCUT2D eigenvalue weighted by Gasteiger charge is -2.28. The van der Waals surface area contributed by atoms with Crippen LogP contribution in [0.25, 0.3) is 0 Å². The molecule has 1 aromatic rings. The van der Waals surface area contributed by atoms with Gasteiger partial charge >= 0.3 is 0 Å². The van der Waals surface area contributed by atoms with Gasteiger partial charge in [-0.25, -0.2) is 0 Å². The highest BCUT2D eigenvalue weighted by Crippen LogP contribution is 2.16. The van der Waals surface area contributed by atoms with Gasteiger partial charge in [0.2, 0.25) is 5.91 Å². The fourth-order valence-electron chi connectivity index (χ4n) is 3.09. The monoisotopic (exact) mass is 354 g/mol. The molecule has 1 atom stereocenters. The smallest absolute Gasteiger partial charge is 0.222 e. The van der Waals surface area contributed by atoms with Crippen LogP contribution in [0, 0.1) is 0 Å². The molecule has 1 amide bonds. The van der Waals surface area contributed by atoms with Crippen LogP contribution in [-0.2, 0) is 16.0 Å². The number of carbonyl (C=O) groups is 1. The lowest BCUT2D eigenvalue weighted by atomic mass is 10.1. The summed E-state index contributed by atoms with van der Waals surface area (Å²) in [6.45, 7) is 3.00. The number of hydrogen-bond donors (Lipinski definition) is 1. The first kappa shape index (κ1) is 20.9. The van der Waals surface area contributed by atoms with Crippen molar-refractivity contribution in [3.8, 4) is 0 Å². The topological polar surface area (TPSA) is 55.6 Å². The van der Waals surface area contributed by atoms with E-state index in [0.717, 1.165) is 58.2 Å². The third-order valence-electron chi connectivity index (χ3n) is 4.50. The maximum atomic E-state index is 12.6. The molecule has 0 radical (unpaired) electrons. The summed E-state index contributed by atoms with van der Waals surface area (Å²) in [5.74, 6) is 0.282. The van der Waals surface area contributed by atoms with Gasteiger partial charge in [-0.3, -0.25) is 4.79 Å². The van der Waals surface area contributed by atoms with Crippen LogP contribution in [0.2, 0.25) is 0 Å². The molecule has 0 aromatic heterocycles. The van der Waals surface area contributed by atoms with Gasteiger partial charge in [-0.05, 0) is 37.8 Å². The number of carbonyl (C=O) groups excluding carboxylic acids is 1. The van der Waals surface area contributed by atoms with E-state index in [2.05, 4.69) is 29.2 Å². The summed E-state index contributed by atoms with van der Waals surface area (Å²) in [6, 6.07) is 10.6. The predicted octanol–water partition coefficient (Wildman–Crippen LogP) is 3.18. The number of ether oxygens (including phenoxy) is 1. The quantitative estimate of drug-likeness (QED) is 0.656. The Balaban J connectivity index is 0.00000288. The third-order valence-corrected chi connectivity index (χ3v) is 4.50. The zero-order valence-electron chi connectivity index (χ0n) is 14.5. The summed E-state index contributed by atoms with van der Waals surface area (Å²) < 4.78 is 5.49. The van der Waals surface area contributed by atoms with E-state index in [1.165, 1.54) is 5.56 Å². The molecule has 0 bridgehead atoms. The van der Waals surface area contributed by atoms with E-state index in [9.17, 15) is 4.79 Å². The molecular formula is C19H31ClN2O2. The maximum Gasteiger partial charge on any atom is 0.222 e. The molecular weight excluding hydrogens is 324 g/mol. The molecule has 0 saturated carbocycles. The molecule has 0 spiro atoms. The van der Waals surface area contributed by atoms with Gasteiger partial charge in [0.1, 0.15) is 0 Å².